The molecule has 3 amide bonds. The van der Waals surface area contributed by atoms with Crippen molar-refractivity contribution in [3.05, 3.63) is 64.9 Å². The second kappa shape index (κ2) is 9.34. The Morgan fingerprint density at radius 3 is 2.40 bits per heavy atom. The van der Waals surface area contributed by atoms with Crippen molar-refractivity contribution in [3.63, 3.8) is 0 Å². The van der Waals surface area contributed by atoms with Gasteiger partial charge in [0, 0.05) is 19.2 Å². The second-order valence-corrected chi connectivity index (χ2v) is 7.04. The molecule has 1 atom stereocenters. The van der Waals surface area contributed by atoms with Gasteiger partial charge in [-0.3, -0.25) is 14.4 Å². The maximum Gasteiger partial charge on any atom is 0.257 e. The van der Waals surface area contributed by atoms with Crippen molar-refractivity contribution in [3.8, 4) is 0 Å². The third-order valence-electron chi connectivity index (χ3n) is 4.82. The van der Waals surface area contributed by atoms with Crippen molar-refractivity contribution in [2.75, 3.05) is 25.7 Å². The summed E-state index contributed by atoms with van der Waals surface area (Å²) < 4.78 is 24.6. The van der Waals surface area contributed by atoms with Crippen LogP contribution in [0.4, 0.5) is 10.1 Å². The number of nitrogens with zero attached hydrogens (tertiary/aromatic N) is 2. The predicted molar refractivity (Wildman–Crippen MR) is 108 cm³/mol. The molecule has 1 saturated heterocycles. The smallest absolute Gasteiger partial charge is 0.257 e. The number of halogens is 2. The van der Waals surface area contributed by atoms with Gasteiger partial charge in [-0.1, -0.05) is 23.7 Å². The van der Waals surface area contributed by atoms with E-state index >= 15 is 0 Å². The van der Waals surface area contributed by atoms with Crippen molar-refractivity contribution < 1.29 is 28.2 Å². The molecule has 1 aliphatic rings. The van der Waals surface area contributed by atoms with Gasteiger partial charge in [-0.05, 0) is 36.4 Å². The molecule has 30 heavy (non-hydrogen) atoms. The van der Waals surface area contributed by atoms with Gasteiger partial charge in [-0.15, -0.1) is 0 Å². The molecule has 158 valence electrons. The van der Waals surface area contributed by atoms with Crippen LogP contribution in [-0.2, 0) is 19.1 Å². The molecule has 1 unspecified atom stereocenters. The fourth-order valence-electron chi connectivity index (χ4n) is 3.27. The maximum atomic E-state index is 14.3. The zero-order valence-corrected chi connectivity index (χ0v) is 17.1. The SMILES string of the molecule is COC(CN(C(=O)c1ccccc1F)C1CC(=O)N(c2ccc(Cl)cc2)C1=O)OC. The molecule has 7 nitrogen and oxygen atoms in total. The van der Waals surface area contributed by atoms with Gasteiger partial charge in [-0.25, -0.2) is 9.29 Å². The first-order valence-corrected chi connectivity index (χ1v) is 9.48. The van der Waals surface area contributed by atoms with Gasteiger partial charge < -0.3 is 14.4 Å². The number of rotatable bonds is 7. The highest BCUT2D eigenvalue weighted by molar-refractivity contribution is 6.31. The first-order valence-electron chi connectivity index (χ1n) is 9.10. The number of carbonyl (C=O) groups excluding carboxylic acids is 3. The third kappa shape index (κ3) is 4.35. The van der Waals surface area contributed by atoms with Crippen LogP contribution in [0.1, 0.15) is 16.8 Å². The van der Waals surface area contributed by atoms with Crippen molar-refractivity contribution in [1.29, 1.82) is 0 Å². The van der Waals surface area contributed by atoms with E-state index in [9.17, 15) is 18.8 Å². The number of carbonyl (C=O) groups is 3. The number of imide groups is 1. The van der Waals surface area contributed by atoms with Crippen molar-refractivity contribution in [2.24, 2.45) is 0 Å². The molecule has 1 fully saturated rings. The van der Waals surface area contributed by atoms with Crippen LogP contribution in [0.25, 0.3) is 0 Å². The third-order valence-corrected chi connectivity index (χ3v) is 5.07. The van der Waals surface area contributed by atoms with Crippen LogP contribution < -0.4 is 4.90 Å². The second-order valence-electron chi connectivity index (χ2n) is 6.60. The fraction of sp³-hybridized carbons (Fsp3) is 0.286. The quantitative estimate of drug-likeness (QED) is 0.494. The summed E-state index contributed by atoms with van der Waals surface area (Å²) in [6.45, 7) is -0.168. The van der Waals surface area contributed by atoms with Crippen LogP contribution in [0.15, 0.2) is 48.5 Å². The Morgan fingerprint density at radius 1 is 1.17 bits per heavy atom. The molecule has 2 aromatic carbocycles. The molecule has 0 N–H and O–H groups in total. The summed E-state index contributed by atoms with van der Waals surface area (Å²) in [4.78, 5) is 41.0. The predicted octanol–water partition coefficient (Wildman–Crippen LogP) is 2.87. The van der Waals surface area contributed by atoms with E-state index in [4.69, 9.17) is 21.1 Å². The maximum absolute atomic E-state index is 14.3. The van der Waals surface area contributed by atoms with E-state index in [0.717, 1.165) is 15.9 Å². The largest absolute Gasteiger partial charge is 0.354 e. The van der Waals surface area contributed by atoms with Crippen LogP contribution in [-0.4, -0.2) is 55.7 Å². The number of ether oxygens (including phenoxy) is 2. The molecule has 0 bridgehead atoms. The van der Waals surface area contributed by atoms with Gasteiger partial charge in [-0.2, -0.15) is 0 Å². The minimum atomic E-state index is -1.13. The Hall–Kier alpha value is -2.81. The van der Waals surface area contributed by atoms with Crippen LogP contribution in [0.5, 0.6) is 0 Å². The lowest BCUT2D eigenvalue weighted by Crippen LogP contribution is -2.49. The summed E-state index contributed by atoms with van der Waals surface area (Å²) in [5.41, 5.74) is 0.124. The highest BCUT2D eigenvalue weighted by Gasteiger charge is 2.45. The summed E-state index contributed by atoms with van der Waals surface area (Å²) in [5, 5.41) is 0.453. The number of anilines is 1. The van der Waals surface area contributed by atoms with Gasteiger partial charge in [0.15, 0.2) is 6.29 Å². The molecule has 1 aliphatic heterocycles. The topological polar surface area (TPSA) is 76.2 Å². The Morgan fingerprint density at radius 2 is 1.80 bits per heavy atom. The molecule has 0 aromatic heterocycles. The number of methoxy groups -OCH3 is 2. The van der Waals surface area contributed by atoms with Gasteiger partial charge in [0.1, 0.15) is 11.9 Å². The highest BCUT2D eigenvalue weighted by Crippen LogP contribution is 2.28. The first-order chi connectivity index (χ1) is 14.4. The van der Waals surface area contributed by atoms with Crippen LogP contribution in [0.2, 0.25) is 5.02 Å². The molecule has 0 aliphatic carbocycles. The van der Waals surface area contributed by atoms with Gasteiger partial charge in [0.05, 0.1) is 24.2 Å². The van der Waals surface area contributed by atoms with Gasteiger partial charge in [0.25, 0.3) is 11.8 Å². The van der Waals surface area contributed by atoms with Crippen molar-refractivity contribution in [2.45, 2.75) is 18.8 Å². The lowest BCUT2D eigenvalue weighted by Gasteiger charge is -2.30. The Bertz CT molecular complexity index is 949. The Labute approximate surface area is 177 Å². The fourth-order valence-corrected chi connectivity index (χ4v) is 3.39. The van der Waals surface area contributed by atoms with Crippen molar-refractivity contribution >= 4 is 35.0 Å². The number of hydrogen-bond donors (Lipinski definition) is 0. The van der Waals surface area contributed by atoms with E-state index in [1.54, 1.807) is 12.1 Å². The summed E-state index contributed by atoms with van der Waals surface area (Å²) in [7, 11) is 2.75. The van der Waals surface area contributed by atoms with E-state index in [1.807, 2.05) is 0 Å². The standard InChI is InChI=1S/C21H20ClFN2O5/c1-29-19(30-2)12-24(20(27)15-5-3-4-6-16(15)23)17-11-18(26)25(21(17)28)14-9-7-13(22)8-10-14/h3-10,17,19H,11-12H2,1-2H3. The van der Waals surface area contributed by atoms with Crippen molar-refractivity contribution in [1.82, 2.24) is 4.90 Å². The molecular formula is C21H20ClFN2O5. The van der Waals surface area contributed by atoms with E-state index in [1.165, 1.54) is 44.6 Å². The molecule has 0 radical (unpaired) electrons. The van der Waals surface area contributed by atoms with E-state index in [2.05, 4.69) is 0 Å². The zero-order chi connectivity index (χ0) is 21.8. The summed E-state index contributed by atoms with van der Waals surface area (Å²) in [6, 6.07) is 10.5. The summed E-state index contributed by atoms with van der Waals surface area (Å²) in [6.07, 6.45) is -1.12. The number of benzene rings is 2. The van der Waals surface area contributed by atoms with E-state index < -0.39 is 35.9 Å². The lowest BCUT2D eigenvalue weighted by atomic mass is 10.1. The normalized spacial score (nSPS) is 16.4. The Balaban J connectivity index is 1.96. The minimum Gasteiger partial charge on any atom is -0.354 e. The average molecular weight is 435 g/mol. The van der Waals surface area contributed by atoms with E-state index in [0.29, 0.717) is 10.7 Å². The first kappa shape index (κ1) is 21.9. The van der Waals surface area contributed by atoms with Gasteiger partial charge in [0.2, 0.25) is 5.91 Å². The zero-order valence-electron chi connectivity index (χ0n) is 16.4. The van der Waals surface area contributed by atoms with Crippen LogP contribution in [0, 0.1) is 5.82 Å². The molecule has 1 heterocycles. The molecule has 2 aromatic rings. The van der Waals surface area contributed by atoms with Gasteiger partial charge >= 0.3 is 0 Å². The van der Waals surface area contributed by atoms with Crippen LogP contribution >= 0.6 is 11.6 Å². The minimum absolute atomic E-state index is 0.168. The monoisotopic (exact) mass is 434 g/mol. The highest BCUT2D eigenvalue weighted by atomic mass is 35.5. The molecule has 9 heteroatoms. The number of hydrogen-bond acceptors (Lipinski definition) is 5. The molecule has 3 rings (SSSR count). The summed E-state index contributed by atoms with van der Waals surface area (Å²) >= 11 is 5.88. The molecule has 0 spiro atoms. The average Bonchev–Trinajstić information content (AvgIpc) is 3.03. The molecular weight excluding hydrogens is 415 g/mol. The molecule has 0 saturated carbocycles. The summed E-state index contributed by atoms with van der Waals surface area (Å²) in [5.74, 6) is -2.55. The number of amides is 3. The van der Waals surface area contributed by atoms with E-state index in [-0.39, 0.29) is 18.5 Å². The lowest BCUT2D eigenvalue weighted by molar-refractivity contribution is -0.128. The van der Waals surface area contributed by atoms with Crippen LogP contribution in [0.3, 0.4) is 0 Å². The Kier molecular flexibility index (Phi) is 6.81.